The minimum Gasteiger partial charge on any atom is -0.541 e. The first-order valence-corrected chi connectivity index (χ1v) is 15.2. The Balaban J connectivity index is 3.30. The molecule has 3 nitrogen and oxygen atoms in total. The molecule has 0 aliphatic carbocycles. The smallest absolute Gasteiger partial charge is 0.250 e. The predicted octanol–water partition coefficient (Wildman–Crippen LogP) is 6.89. The Morgan fingerprint density at radius 3 is 1.64 bits per heavy atom. The van der Waals surface area contributed by atoms with Crippen LogP contribution in [0.4, 0.5) is 5.69 Å². The molecule has 25 heavy (non-hydrogen) atoms. The van der Waals surface area contributed by atoms with Crippen molar-refractivity contribution >= 4 is 22.3 Å². The van der Waals surface area contributed by atoms with Gasteiger partial charge in [-0.1, -0.05) is 41.5 Å². The maximum atomic E-state index is 6.64. The lowest BCUT2D eigenvalue weighted by atomic mass is 10.2. The van der Waals surface area contributed by atoms with Crippen molar-refractivity contribution in [3.63, 3.8) is 0 Å². The van der Waals surface area contributed by atoms with E-state index >= 15 is 0 Å². The van der Waals surface area contributed by atoms with Crippen molar-refractivity contribution in [2.45, 2.75) is 84.7 Å². The van der Waals surface area contributed by atoms with Crippen LogP contribution in [0.1, 0.15) is 48.5 Å². The summed E-state index contributed by atoms with van der Waals surface area (Å²) in [5.74, 6) is 1.77. The van der Waals surface area contributed by atoms with Gasteiger partial charge in [-0.05, 0) is 55.3 Å². The van der Waals surface area contributed by atoms with Crippen LogP contribution in [0.2, 0.25) is 36.3 Å². The first kappa shape index (κ1) is 22.1. The van der Waals surface area contributed by atoms with E-state index in [0.717, 1.165) is 23.7 Å². The van der Waals surface area contributed by atoms with Crippen LogP contribution in [-0.2, 0) is 0 Å². The van der Waals surface area contributed by atoms with Crippen LogP contribution >= 0.6 is 0 Å². The molecule has 1 aromatic rings. The minimum atomic E-state index is -1.94. The second kappa shape index (κ2) is 7.35. The summed E-state index contributed by atoms with van der Waals surface area (Å²) in [7, 11) is -3.86. The summed E-state index contributed by atoms with van der Waals surface area (Å²) in [6.07, 6.45) is 0. The molecule has 1 aromatic carbocycles. The van der Waals surface area contributed by atoms with Crippen LogP contribution in [0.25, 0.3) is 0 Å². The molecule has 0 aromatic heterocycles. The van der Waals surface area contributed by atoms with Crippen molar-refractivity contribution in [1.82, 2.24) is 0 Å². The highest BCUT2D eigenvalue weighted by molar-refractivity contribution is 6.75. The molecule has 0 saturated heterocycles. The number of nitrogens with one attached hydrogen (secondary N) is 1. The number of benzene rings is 1. The van der Waals surface area contributed by atoms with Gasteiger partial charge in [0, 0.05) is 18.3 Å². The lowest BCUT2D eigenvalue weighted by Gasteiger charge is -2.39. The van der Waals surface area contributed by atoms with Crippen molar-refractivity contribution in [2.24, 2.45) is 0 Å². The van der Waals surface area contributed by atoms with Crippen molar-refractivity contribution in [2.75, 3.05) is 11.9 Å². The Labute approximate surface area is 157 Å². The second-order valence-electron chi connectivity index (χ2n) is 9.92. The number of hydrogen-bond acceptors (Lipinski definition) is 3. The second-order valence-corrected chi connectivity index (χ2v) is 19.4. The normalized spacial score (nSPS) is 13.6. The van der Waals surface area contributed by atoms with Crippen molar-refractivity contribution in [3.05, 3.63) is 18.2 Å². The van der Waals surface area contributed by atoms with Gasteiger partial charge in [-0.25, -0.2) is 0 Å². The third kappa shape index (κ3) is 5.51. The average Bonchev–Trinajstić information content (AvgIpc) is 2.39. The van der Waals surface area contributed by atoms with E-state index < -0.39 is 16.6 Å². The fraction of sp³-hybridized carbons (Fsp3) is 0.700. The molecule has 0 radical (unpaired) electrons. The van der Waals surface area contributed by atoms with Crippen molar-refractivity contribution in [3.8, 4) is 11.5 Å². The predicted molar refractivity (Wildman–Crippen MR) is 116 cm³/mol. The summed E-state index contributed by atoms with van der Waals surface area (Å²) < 4.78 is 13.2. The molecule has 0 fully saturated rings. The standard InChI is InChI=1S/C20H39NO2Si2/c1-12-21-16-13-14-17(22-24(8,9)19(2,3)4)18(15-16)23-25(10,11)20(5,6)7/h13-15,21H,12H2,1-11H3. The van der Waals surface area contributed by atoms with Crippen molar-refractivity contribution in [1.29, 1.82) is 0 Å². The lowest BCUT2D eigenvalue weighted by Crippen LogP contribution is -2.45. The molecule has 0 aliphatic heterocycles. The Hall–Kier alpha value is -0.946. The van der Waals surface area contributed by atoms with Gasteiger partial charge in [-0.2, -0.15) is 0 Å². The fourth-order valence-electron chi connectivity index (χ4n) is 1.84. The van der Waals surface area contributed by atoms with Gasteiger partial charge in [0.1, 0.15) is 11.5 Å². The Bertz CT molecular complexity index is 584. The van der Waals surface area contributed by atoms with Gasteiger partial charge in [-0.15, -0.1) is 0 Å². The van der Waals surface area contributed by atoms with Gasteiger partial charge in [0.25, 0.3) is 16.6 Å². The van der Waals surface area contributed by atoms with Gasteiger partial charge < -0.3 is 14.2 Å². The van der Waals surface area contributed by atoms with Crippen LogP contribution in [-0.4, -0.2) is 23.2 Å². The van der Waals surface area contributed by atoms with Crippen LogP contribution in [0.15, 0.2) is 18.2 Å². The topological polar surface area (TPSA) is 30.5 Å². The lowest BCUT2D eigenvalue weighted by molar-refractivity contribution is 0.441. The van der Waals surface area contributed by atoms with E-state index in [0.29, 0.717) is 0 Å². The zero-order valence-electron chi connectivity index (χ0n) is 18.3. The molecule has 0 unspecified atom stereocenters. The largest absolute Gasteiger partial charge is 0.541 e. The molecule has 0 amide bonds. The molecule has 144 valence electrons. The summed E-state index contributed by atoms with van der Waals surface area (Å²) >= 11 is 0. The van der Waals surface area contributed by atoms with Crippen LogP contribution in [0, 0.1) is 0 Å². The minimum absolute atomic E-state index is 0.148. The number of hydrogen-bond donors (Lipinski definition) is 1. The van der Waals surface area contributed by atoms with E-state index in [1.165, 1.54) is 0 Å². The van der Waals surface area contributed by atoms with Gasteiger partial charge >= 0.3 is 0 Å². The molecule has 0 heterocycles. The Morgan fingerprint density at radius 2 is 1.24 bits per heavy atom. The van der Waals surface area contributed by atoms with E-state index in [2.05, 4.69) is 98.2 Å². The molecular formula is C20H39NO2Si2. The van der Waals surface area contributed by atoms with E-state index in [9.17, 15) is 0 Å². The Morgan fingerprint density at radius 1 is 0.800 bits per heavy atom. The molecule has 0 bridgehead atoms. The van der Waals surface area contributed by atoms with Gasteiger partial charge in [0.15, 0.2) is 0 Å². The molecule has 5 heteroatoms. The summed E-state index contributed by atoms with van der Waals surface area (Å²) in [4.78, 5) is 0. The molecule has 1 N–H and O–H groups in total. The maximum Gasteiger partial charge on any atom is 0.250 e. The third-order valence-corrected chi connectivity index (χ3v) is 14.4. The third-order valence-electron chi connectivity index (χ3n) is 5.67. The highest BCUT2D eigenvalue weighted by Crippen LogP contribution is 2.44. The highest BCUT2D eigenvalue weighted by Gasteiger charge is 2.42. The zero-order chi connectivity index (χ0) is 19.7. The van der Waals surface area contributed by atoms with Crippen LogP contribution < -0.4 is 14.2 Å². The molecule has 0 saturated carbocycles. The fourth-order valence-corrected chi connectivity index (χ4v) is 3.88. The molecular weight excluding hydrogens is 342 g/mol. The van der Waals surface area contributed by atoms with Crippen molar-refractivity contribution < 1.29 is 8.85 Å². The zero-order valence-corrected chi connectivity index (χ0v) is 20.3. The van der Waals surface area contributed by atoms with Crippen LogP contribution in [0.5, 0.6) is 11.5 Å². The first-order valence-electron chi connectivity index (χ1n) is 9.37. The molecule has 0 spiro atoms. The monoisotopic (exact) mass is 381 g/mol. The van der Waals surface area contributed by atoms with E-state index in [-0.39, 0.29) is 10.1 Å². The molecule has 0 atom stereocenters. The first-order chi connectivity index (χ1) is 11.1. The number of rotatable bonds is 6. The van der Waals surface area contributed by atoms with Gasteiger partial charge in [0.05, 0.1) is 0 Å². The van der Waals surface area contributed by atoms with Gasteiger partial charge in [0.2, 0.25) is 0 Å². The van der Waals surface area contributed by atoms with E-state index in [1.54, 1.807) is 0 Å². The maximum absolute atomic E-state index is 6.64. The van der Waals surface area contributed by atoms with E-state index in [4.69, 9.17) is 8.85 Å². The Kier molecular flexibility index (Phi) is 6.50. The van der Waals surface area contributed by atoms with Gasteiger partial charge in [-0.3, -0.25) is 0 Å². The highest BCUT2D eigenvalue weighted by atomic mass is 28.4. The summed E-state index contributed by atoms with van der Waals surface area (Å²) in [5.41, 5.74) is 1.08. The quantitative estimate of drug-likeness (QED) is 0.544. The SMILES string of the molecule is CCNc1ccc(O[Si](C)(C)C(C)(C)C)c(O[Si](C)(C)C(C)(C)C)c1. The molecule has 1 rings (SSSR count). The molecule has 0 aliphatic rings. The summed E-state index contributed by atoms with van der Waals surface area (Å²) in [6.45, 7) is 25.7. The van der Waals surface area contributed by atoms with E-state index in [1.807, 2.05) is 0 Å². The number of anilines is 1. The summed E-state index contributed by atoms with van der Waals surface area (Å²) in [5, 5.41) is 3.69. The average molecular weight is 382 g/mol. The summed E-state index contributed by atoms with van der Waals surface area (Å²) in [6, 6.07) is 6.26. The van der Waals surface area contributed by atoms with Crippen LogP contribution in [0.3, 0.4) is 0 Å².